The van der Waals surface area contributed by atoms with E-state index < -0.39 is 23.4 Å². The van der Waals surface area contributed by atoms with Crippen LogP contribution in [0.1, 0.15) is 29.3 Å². The summed E-state index contributed by atoms with van der Waals surface area (Å²) in [5.41, 5.74) is 2.79. The maximum absolute atomic E-state index is 12.7. The summed E-state index contributed by atoms with van der Waals surface area (Å²) in [6.45, 7) is 1.67. The molecule has 0 bridgehead atoms. The minimum absolute atomic E-state index is 0.376. The van der Waals surface area contributed by atoms with E-state index in [4.69, 9.17) is 0 Å². The Morgan fingerprint density at radius 3 is 2.28 bits per heavy atom. The molecule has 0 aliphatic carbocycles. The normalized spacial score (nSPS) is 19.6. The van der Waals surface area contributed by atoms with Gasteiger partial charge in [0.15, 0.2) is 0 Å². The summed E-state index contributed by atoms with van der Waals surface area (Å²) >= 11 is 0. The number of nitrogens with zero attached hydrogens (tertiary/aromatic N) is 1. The van der Waals surface area contributed by atoms with Crippen molar-refractivity contribution in [1.29, 1.82) is 0 Å². The molecule has 25 heavy (non-hydrogen) atoms. The molecule has 2 N–H and O–H groups in total. The van der Waals surface area contributed by atoms with Crippen molar-refractivity contribution in [1.82, 2.24) is 15.8 Å². The molecule has 0 radical (unpaired) electrons. The topological polar surface area (TPSA) is 78.5 Å². The van der Waals surface area contributed by atoms with Gasteiger partial charge in [0.2, 0.25) is 0 Å². The summed E-state index contributed by atoms with van der Waals surface area (Å²) in [6.07, 6.45) is 1.09. The van der Waals surface area contributed by atoms with Gasteiger partial charge in [0, 0.05) is 5.56 Å². The average Bonchev–Trinajstić information content (AvgIpc) is 2.85. The van der Waals surface area contributed by atoms with Gasteiger partial charge in [0.25, 0.3) is 11.8 Å². The molecule has 0 saturated carbocycles. The van der Waals surface area contributed by atoms with E-state index in [0.717, 1.165) is 10.6 Å². The lowest BCUT2D eigenvalue weighted by Crippen LogP contribution is -2.48. The van der Waals surface area contributed by atoms with E-state index in [1.54, 1.807) is 37.3 Å². The van der Waals surface area contributed by atoms with Crippen LogP contribution in [0.2, 0.25) is 0 Å². The first-order chi connectivity index (χ1) is 12.0. The zero-order chi connectivity index (χ0) is 17.9. The van der Waals surface area contributed by atoms with Crippen LogP contribution in [0.15, 0.2) is 60.7 Å². The number of imide groups is 1. The van der Waals surface area contributed by atoms with Crippen molar-refractivity contribution >= 4 is 17.8 Å². The Hall–Kier alpha value is -3.15. The summed E-state index contributed by atoms with van der Waals surface area (Å²) in [5.74, 6) is -0.964. The van der Waals surface area contributed by atoms with Crippen LogP contribution in [0.4, 0.5) is 4.79 Å². The summed E-state index contributed by atoms with van der Waals surface area (Å²) in [7, 11) is 0. The molecule has 2 aromatic carbocycles. The number of amides is 4. The van der Waals surface area contributed by atoms with Gasteiger partial charge in [0.05, 0.1) is 0 Å². The molecule has 6 heteroatoms. The monoisotopic (exact) mass is 337 g/mol. The predicted octanol–water partition coefficient (Wildman–Crippen LogP) is 2.27. The molecule has 3 rings (SSSR count). The summed E-state index contributed by atoms with van der Waals surface area (Å²) < 4.78 is 0. The first-order valence-corrected chi connectivity index (χ1v) is 8.06. The predicted molar refractivity (Wildman–Crippen MR) is 92.5 cm³/mol. The lowest BCUT2D eigenvalue weighted by Gasteiger charge is -2.21. The van der Waals surface area contributed by atoms with Crippen molar-refractivity contribution in [3.05, 3.63) is 71.8 Å². The van der Waals surface area contributed by atoms with E-state index in [-0.39, 0.29) is 0 Å². The first kappa shape index (κ1) is 16.7. The number of nitrogens with one attached hydrogen (secondary N) is 2. The molecule has 1 heterocycles. The van der Waals surface area contributed by atoms with Crippen molar-refractivity contribution < 1.29 is 14.4 Å². The smallest absolute Gasteiger partial charge is 0.322 e. The molecule has 1 saturated heterocycles. The molecule has 1 atom stereocenters. The summed E-state index contributed by atoms with van der Waals surface area (Å²) in [6, 6.07) is 17.5. The molecule has 1 fully saturated rings. The highest BCUT2D eigenvalue weighted by molar-refractivity contribution is 6.09. The number of benzene rings is 2. The second-order valence-corrected chi connectivity index (χ2v) is 6.20. The van der Waals surface area contributed by atoms with Crippen LogP contribution in [0.25, 0.3) is 0 Å². The zero-order valence-corrected chi connectivity index (χ0v) is 13.9. The van der Waals surface area contributed by atoms with Gasteiger partial charge in [-0.1, -0.05) is 48.5 Å². The van der Waals surface area contributed by atoms with E-state index in [1.165, 1.54) is 0 Å². The molecule has 4 amide bonds. The number of aryl methyl sites for hydroxylation is 1. The number of hydrazine groups is 1. The largest absolute Gasteiger partial charge is 0.344 e. The van der Waals surface area contributed by atoms with Gasteiger partial charge in [-0.3, -0.25) is 15.0 Å². The highest BCUT2D eigenvalue weighted by Crippen LogP contribution is 2.22. The zero-order valence-electron chi connectivity index (χ0n) is 13.9. The van der Waals surface area contributed by atoms with Crippen LogP contribution in [0.5, 0.6) is 0 Å². The Morgan fingerprint density at radius 1 is 1.04 bits per heavy atom. The van der Waals surface area contributed by atoms with Crippen molar-refractivity contribution in [3.8, 4) is 0 Å². The van der Waals surface area contributed by atoms with Crippen LogP contribution in [0.3, 0.4) is 0 Å². The van der Waals surface area contributed by atoms with Gasteiger partial charge in [-0.15, -0.1) is 0 Å². The van der Waals surface area contributed by atoms with Crippen LogP contribution in [-0.4, -0.2) is 28.4 Å². The van der Waals surface area contributed by atoms with Crippen LogP contribution < -0.4 is 10.7 Å². The first-order valence-electron chi connectivity index (χ1n) is 8.06. The van der Waals surface area contributed by atoms with Crippen molar-refractivity contribution in [2.24, 2.45) is 0 Å². The minimum atomic E-state index is -1.04. The highest BCUT2D eigenvalue weighted by Gasteiger charge is 2.48. The Balaban J connectivity index is 1.68. The Labute approximate surface area is 145 Å². The number of carbonyl (C=O) groups is 3. The fourth-order valence-electron chi connectivity index (χ4n) is 2.75. The number of hydrogen-bond acceptors (Lipinski definition) is 3. The molecule has 1 aliphatic rings. The van der Waals surface area contributed by atoms with Gasteiger partial charge >= 0.3 is 6.03 Å². The van der Waals surface area contributed by atoms with Gasteiger partial charge in [0.1, 0.15) is 5.54 Å². The summed E-state index contributed by atoms with van der Waals surface area (Å²) in [5, 5.41) is 3.44. The third-order valence-electron chi connectivity index (χ3n) is 4.27. The number of rotatable bonds is 5. The van der Waals surface area contributed by atoms with Gasteiger partial charge in [-0.2, -0.15) is 5.01 Å². The molecule has 6 nitrogen and oxygen atoms in total. The van der Waals surface area contributed by atoms with Crippen LogP contribution >= 0.6 is 0 Å². The molecular formula is C19H19N3O3. The fourth-order valence-corrected chi connectivity index (χ4v) is 2.75. The van der Waals surface area contributed by atoms with Crippen LogP contribution in [-0.2, 0) is 11.2 Å². The third-order valence-corrected chi connectivity index (χ3v) is 4.27. The Kier molecular flexibility index (Phi) is 4.52. The van der Waals surface area contributed by atoms with Gasteiger partial charge in [-0.05, 0) is 37.5 Å². The molecule has 0 spiro atoms. The fraction of sp³-hybridized carbons (Fsp3) is 0.211. The van der Waals surface area contributed by atoms with Crippen LogP contribution in [0, 0.1) is 0 Å². The molecule has 1 unspecified atom stereocenters. The van der Waals surface area contributed by atoms with Crippen molar-refractivity contribution in [3.63, 3.8) is 0 Å². The third kappa shape index (κ3) is 3.52. The van der Waals surface area contributed by atoms with E-state index >= 15 is 0 Å². The number of hydrogen-bond donors (Lipinski definition) is 2. The maximum atomic E-state index is 12.7. The van der Waals surface area contributed by atoms with Crippen molar-refractivity contribution in [2.45, 2.75) is 25.3 Å². The molecule has 1 aliphatic heterocycles. The lowest BCUT2D eigenvalue weighted by molar-refractivity contribution is -0.132. The van der Waals surface area contributed by atoms with Gasteiger partial charge in [-0.25, -0.2) is 4.79 Å². The molecule has 0 aromatic heterocycles. The Morgan fingerprint density at radius 2 is 1.64 bits per heavy atom. The minimum Gasteiger partial charge on any atom is -0.322 e. The molecule has 128 valence electrons. The highest BCUT2D eigenvalue weighted by atomic mass is 16.2. The van der Waals surface area contributed by atoms with E-state index in [9.17, 15) is 14.4 Å². The van der Waals surface area contributed by atoms with Crippen molar-refractivity contribution in [2.75, 3.05) is 0 Å². The quantitative estimate of drug-likeness (QED) is 0.822. The lowest BCUT2D eigenvalue weighted by atomic mass is 9.93. The second kappa shape index (κ2) is 6.76. The molecular weight excluding hydrogens is 318 g/mol. The SMILES string of the molecule is CC1(CCc2ccccc2)NC(=O)N(NC(=O)c2ccccc2)C1=O. The maximum Gasteiger partial charge on any atom is 0.344 e. The van der Waals surface area contributed by atoms with Gasteiger partial charge < -0.3 is 5.32 Å². The van der Waals surface area contributed by atoms with E-state index in [0.29, 0.717) is 18.4 Å². The standard InChI is InChI=1S/C19H19N3O3/c1-19(13-12-14-8-4-2-5-9-14)17(24)22(18(25)20-19)21-16(23)15-10-6-3-7-11-15/h2-11H,12-13H2,1H3,(H,20,25)(H,21,23). The number of carbonyl (C=O) groups excluding carboxylic acids is 3. The number of urea groups is 1. The van der Waals surface area contributed by atoms with E-state index in [2.05, 4.69) is 10.7 Å². The average molecular weight is 337 g/mol. The van der Waals surface area contributed by atoms with E-state index in [1.807, 2.05) is 30.3 Å². The Bertz CT molecular complexity index is 792. The summed E-state index contributed by atoms with van der Waals surface area (Å²) in [4.78, 5) is 37.0. The molecule has 2 aromatic rings. The second-order valence-electron chi connectivity index (χ2n) is 6.20.